The number of H-pyrrole nitrogens is 1. The summed E-state index contributed by atoms with van der Waals surface area (Å²) in [4.78, 5) is 19.8. The molecule has 15 heavy (non-hydrogen) atoms. The van der Waals surface area contributed by atoms with Gasteiger partial charge in [-0.25, -0.2) is 19.9 Å². The lowest BCUT2D eigenvalue weighted by atomic mass is 10.5. The maximum atomic E-state index is 4.35. The Kier molecular flexibility index (Phi) is 1.75. The number of hydrogen-bond donors (Lipinski definition) is 1. The third-order valence-corrected chi connectivity index (χ3v) is 2.80. The zero-order valence-corrected chi connectivity index (χ0v) is 8.75. The zero-order chi connectivity index (χ0) is 10.3. The lowest BCUT2D eigenvalue weighted by Crippen LogP contribution is -1.79. The van der Waals surface area contributed by atoms with E-state index in [9.17, 15) is 0 Å². The Morgan fingerprint density at radius 1 is 1.33 bits per heavy atom. The van der Waals surface area contributed by atoms with E-state index in [-0.39, 0.29) is 0 Å². The molecule has 0 saturated carbocycles. The highest BCUT2D eigenvalue weighted by molar-refractivity contribution is 7.09. The Morgan fingerprint density at radius 2 is 2.27 bits per heavy atom. The highest BCUT2D eigenvalue weighted by Crippen LogP contribution is 2.20. The lowest BCUT2D eigenvalue weighted by Gasteiger charge is -1.85. The SMILES string of the molecule is Cc1nc(-c2nc3ncncc3[nH]2)cs1. The van der Waals surface area contributed by atoms with Gasteiger partial charge in [0.15, 0.2) is 11.5 Å². The standard InChI is InChI=1S/C9H7N5S/c1-5-12-7(3-15-5)9-13-6-2-10-4-11-8(6)14-9/h2-4H,1H3,(H,10,11,13,14). The quantitative estimate of drug-likeness (QED) is 0.674. The Balaban J connectivity index is 2.19. The van der Waals surface area contributed by atoms with Crippen LogP contribution in [-0.2, 0) is 0 Å². The highest BCUT2D eigenvalue weighted by Gasteiger charge is 2.08. The highest BCUT2D eigenvalue weighted by atomic mass is 32.1. The Bertz CT molecular complexity index is 579. The molecule has 1 N–H and O–H groups in total. The number of aromatic amines is 1. The summed E-state index contributed by atoms with van der Waals surface area (Å²) in [6, 6.07) is 0. The number of nitrogens with one attached hydrogen (secondary N) is 1. The van der Waals surface area contributed by atoms with Crippen LogP contribution in [0.5, 0.6) is 0 Å². The van der Waals surface area contributed by atoms with E-state index >= 15 is 0 Å². The molecule has 0 bridgehead atoms. The maximum Gasteiger partial charge on any atom is 0.181 e. The Labute approximate surface area is 89.3 Å². The van der Waals surface area contributed by atoms with Crippen molar-refractivity contribution in [3.63, 3.8) is 0 Å². The van der Waals surface area contributed by atoms with Crippen molar-refractivity contribution in [1.82, 2.24) is 24.9 Å². The molecule has 3 aromatic rings. The molecule has 0 amide bonds. The molecule has 3 heterocycles. The van der Waals surface area contributed by atoms with E-state index in [1.807, 2.05) is 12.3 Å². The Hall–Kier alpha value is -1.82. The fourth-order valence-corrected chi connectivity index (χ4v) is 1.95. The molecule has 0 aromatic carbocycles. The number of imidazole rings is 1. The van der Waals surface area contributed by atoms with E-state index in [1.165, 1.54) is 6.33 Å². The molecule has 0 radical (unpaired) electrons. The van der Waals surface area contributed by atoms with Crippen LogP contribution >= 0.6 is 11.3 Å². The first kappa shape index (κ1) is 8.49. The third-order valence-electron chi connectivity index (χ3n) is 2.02. The van der Waals surface area contributed by atoms with Gasteiger partial charge in [-0.3, -0.25) is 0 Å². The van der Waals surface area contributed by atoms with Crippen molar-refractivity contribution >= 4 is 22.5 Å². The second kappa shape index (κ2) is 3.09. The van der Waals surface area contributed by atoms with Crippen molar-refractivity contribution in [3.8, 4) is 11.5 Å². The van der Waals surface area contributed by atoms with Crippen molar-refractivity contribution in [3.05, 3.63) is 22.9 Å². The van der Waals surface area contributed by atoms with Gasteiger partial charge in [-0.2, -0.15) is 0 Å². The van der Waals surface area contributed by atoms with Gasteiger partial charge >= 0.3 is 0 Å². The van der Waals surface area contributed by atoms with Crippen LogP contribution < -0.4 is 0 Å². The lowest BCUT2D eigenvalue weighted by molar-refractivity contribution is 1.20. The van der Waals surface area contributed by atoms with Crippen molar-refractivity contribution in [2.24, 2.45) is 0 Å². The summed E-state index contributed by atoms with van der Waals surface area (Å²) >= 11 is 1.60. The summed E-state index contributed by atoms with van der Waals surface area (Å²) in [5.41, 5.74) is 2.36. The summed E-state index contributed by atoms with van der Waals surface area (Å²) in [6.07, 6.45) is 3.19. The molecular weight excluding hydrogens is 210 g/mol. The van der Waals surface area contributed by atoms with Crippen LogP contribution in [0.25, 0.3) is 22.7 Å². The molecule has 0 fully saturated rings. The van der Waals surface area contributed by atoms with Gasteiger partial charge in [-0.1, -0.05) is 0 Å². The minimum Gasteiger partial charge on any atom is -0.334 e. The smallest absolute Gasteiger partial charge is 0.181 e. The van der Waals surface area contributed by atoms with E-state index in [4.69, 9.17) is 0 Å². The molecule has 74 valence electrons. The predicted molar refractivity (Wildman–Crippen MR) is 57.5 cm³/mol. The topological polar surface area (TPSA) is 67.3 Å². The molecule has 0 aliphatic heterocycles. The van der Waals surface area contributed by atoms with E-state index in [0.29, 0.717) is 5.65 Å². The second-order valence-corrected chi connectivity index (χ2v) is 4.16. The largest absolute Gasteiger partial charge is 0.334 e. The van der Waals surface area contributed by atoms with Gasteiger partial charge in [0.25, 0.3) is 0 Å². The van der Waals surface area contributed by atoms with Crippen LogP contribution in [0, 0.1) is 6.92 Å². The number of rotatable bonds is 1. The molecule has 0 atom stereocenters. The molecule has 0 unspecified atom stereocenters. The van der Waals surface area contributed by atoms with Crippen LogP contribution in [0.15, 0.2) is 17.9 Å². The van der Waals surface area contributed by atoms with Crippen LogP contribution in [-0.4, -0.2) is 24.9 Å². The first-order valence-electron chi connectivity index (χ1n) is 4.41. The molecule has 0 saturated heterocycles. The summed E-state index contributed by atoms with van der Waals surface area (Å²) in [5, 5.41) is 3.00. The third kappa shape index (κ3) is 1.39. The maximum absolute atomic E-state index is 4.35. The average Bonchev–Trinajstić information content (AvgIpc) is 2.82. The zero-order valence-electron chi connectivity index (χ0n) is 7.93. The number of nitrogens with zero attached hydrogens (tertiary/aromatic N) is 4. The minimum absolute atomic E-state index is 0.672. The van der Waals surface area contributed by atoms with E-state index in [2.05, 4.69) is 24.9 Å². The normalized spacial score (nSPS) is 11.0. The molecule has 3 aromatic heterocycles. The molecule has 0 aliphatic rings. The van der Waals surface area contributed by atoms with Gasteiger partial charge in [-0.15, -0.1) is 11.3 Å². The predicted octanol–water partition coefficient (Wildman–Crippen LogP) is 1.78. The van der Waals surface area contributed by atoms with Crippen molar-refractivity contribution in [2.45, 2.75) is 6.92 Å². The summed E-state index contributed by atoms with van der Waals surface area (Å²) < 4.78 is 0. The fourth-order valence-electron chi connectivity index (χ4n) is 1.36. The molecule has 5 nitrogen and oxygen atoms in total. The minimum atomic E-state index is 0.672. The first-order valence-corrected chi connectivity index (χ1v) is 5.29. The van der Waals surface area contributed by atoms with Crippen LogP contribution in [0.4, 0.5) is 0 Å². The van der Waals surface area contributed by atoms with Gasteiger partial charge in [0.05, 0.1) is 11.2 Å². The summed E-state index contributed by atoms with van der Waals surface area (Å²) in [7, 11) is 0. The van der Waals surface area contributed by atoms with E-state index in [1.54, 1.807) is 17.5 Å². The fraction of sp³-hybridized carbons (Fsp3) is 0.111. The number of aromatic nitrogens is 5. The van der Waals surface area contributed by atoms with Crippen LogP contribution in [0.3, 0.4) is 0 Å². The number of thiazole rings is 1. The molecule has 0 spiro atoms. The number of fused-ring (bicyclic) bond motifs is 1. The molecule has 0 aliphatic carbocycles. The summed E-state index contributed by atoms with van der Waals surface area (Å²) in [5.74, 6) is 0.745. The van der Waals surface area contributed by atoms with Gasteiger partial charge in [0.1, 0.15) is 17.5 Å². The van der Waals surface area contributed by atoms with Crippen LogP contribution in [0.2, 0.25) is 0 Å². The number of hydrogen-bond acceptors (Lipinski definition) is 5. The second-order valence-electron chi connectivity index (χ2n) is 3.10. The van der Waals surface area contributed by atoms with Crippen LogP contribution in [0.1, 0.15) is 5.01 Å². The van der Waals surface area contributed by atoms with E-state index < -0.39 is 0 Å². The van der Waals surface area contributed by atoms with Gasteiger partial charge < -0.3 is 4.98 Å². The Morgan fingerprint density at radius 3 is 3.00 bits per heavy atom. The molecule has 3 rings (SSSR count). The van der Waals surface area contributed by atoms with E-state index in [0.717, 1.165) is 22.0 Å². The molecular formula is C9H7N5S. The first-order chi connectivity index (χ1) is 7.33. The van der Waals surface area contributed by atoms with Crippen molar-refractivity contribution in [2.75, 3.05) is 0 Å². The van der Waals surface area contributed by atoms with Crippen molar-refractivity contribution in [1.29, 1.82) is 0 Å². The number of aryl methyl sites for hydroxylation is 1. The average molecular weight is 217 g/mol. The van der Waals surface area contributed by atoms with Gasteiger partial charge in [0.2, 0.25) is 0 Å². The van der Waals surface area contributed by atoms with Crippen molar-refractivity contribution < 1.29 is 0 Å². The molecule has 6 heteroatoms. The monoisotopic (exact) mass is 217 g/mol. The summed E-state index contributed by atoms with van der Waals surface area (Å²) in [6.45, 7) is 1.97. The van der Waals surface area contributed by atoms with Gasteiger partial charge in [0, 0.05) is 5.38 Å². The van der Waals surface area contributed by atoms with Gasteiger partial charge in [-0.05, 0) is 6.92 Å².